The second-order valence-electron chi connectivity index (χ2n) is 4.23. The minimum Gasteiger partial charge on any atom is -0.369 e. The number of anilines is 3. The summed E-state index contributed by atoms with van der Waals surface area (Å²) >= 11 is 0. The number of nitrogen functional groups attached to an aromatic ring is 1. The first-order valence-corrected chi connectivity index (χ1v) is 5.71. The normalized spacial score (nSPS) is 10.8. The summed E-state index contributed by atoms with van der Waals surface area (Å²) in [6.07, 6.45) is 0. The fourth-order valence-corrected chi connectivity index (χ4v) is 1.84. The molecule has 0 aliphatic carbocycles. The molecule has 0 unspecified atom stereocenters. The largest absolute Gasteiger partial charge is 0.369 e. The van der Waals surface area contributed by atoms with Crippen molar-refractivity contribution in [1.29, 1.82) is 0 Å². The van der Waals surface area contributed by atoms with Crippen molar-refractivity contribution in [1.82, 2.24) is 19.9 Å². The van der Waals surface area contributed by atoms with Gasteiger partial charge in [-0.3, -0.25) is 9.78 Å². The summed E-state index contributed by atoms with van der Waals surface area (Å²) in [6.45, 7) is 2.00. The molecule has 0 spiro atoms. The van der Waals surface area contributed by atoms with Gasteiger partial charge in [-0.15, -0.1) is 0 Å². The lowest BCUT2D eigenvalue weighted by molar-refractivity contribution is 1.17. The van der Waals surface area contributed by atoms with Crippen LogP contribution in [0.5, 0.6) is 0 Å². The average molecular weight is 256 g/mol. The number of hydrogen-bond acceptors (Lipinski definition) is 5. The van der Waals surface area contributed by atoms with E-state index in [1.54, 1.807) is 0 Å². The van der Waals surface area contributed by atoms with Crippen LogP contribution in [0.3, 0.4) is 0 Å². The van der Waals surface area contributed by atoms with Crippen molar-refractivity contribution in [3.05, 3.63) is 40.2 Å². The number of nitrogens with one attached hydrogen (secondary N) is 3. The van der Waals surface area contributed by atoms with Crippen molar-refractivity contribution in [3.8, 4) is 0 Å². The molecule has 0 amide bonds. The smallest absolute Gasteiger partial charge is 0.278 e. The highest BCUT2D eigenvalue weighted by Crippen LogP contribution is 2.16. The first-order valence-electron chi connectivity index (χ1n) is 5.71. The van der Waals surface area contributed by atoms with Gasteiger partial charge in [-0.2, -0.15) is 9.97 Å². The molecule has 7 nitrogen and oxygen atoms in total. The summed E-state index contributed by atoms with van der Waals surface area (Å²) in [6, 6.07) is 7.81. The minimum absolute atomic E-state index is 0.0473. The summed E-state index contributed by atoms with van der Waals surface area (Å²) < 4.78 is 0. The van der Waals surface area contributed by atoms with Gasteiger partial charge in [-0.1, -0.05) is 12.1 Å². The number of aromatic nitrogens is 4. The van der Waals surface area contributed by atoms with Crippen molar-refractivity contribution in [2.24, 2.45) is 0 Å². The second-order valence-corrected chi connectivity index (χ2v) is 4.23. The summed E-state index contributed by atoms with van der Waals surface area (Å²) in [4.78, 5) is 25.1. The molecular weight excluding hydrogens is 244 g/mol. The molecule has 0 aliphatic heterocycles. The Balaban J connectivity index is 2.02. The van der Waals surface area contributed by atoms with Crippen LogP contribution in [0.15, 0.2) is 29.1 Å². The number of nitrogens with zero attached hydrogens (tertiary/aromatic N) is 2. The van der Waals surface area contributed by atoms with Gasteiger partial charge in [0.1, 0.15) is 0 Å². The molecule has 0 saturated carbocycles. The Morgan fingerprint density at radius 2 is 2.11 bits per heavy atom. The first-order chi connectivity index (χ1) is 9.11. The molecule has 0 fully saturated rings. The van der Waals surface area contributed by atoms with Crippen molar-refractivity contribution in [2.45, 2.75) is 6.92 Å². The number of hydrogen-bond donors (Lipinski definition) is 4. The molecule has 5 N–H and O–H groups in total. The Morgan fingerprint density at radius 3 is 2.89 bits per heavy atom. The highest BCUT2D eigenvalue weighted by molar-refractivity contribution is 5.74. The Kier molecular flexibility index (Phi) is 2.45. The van der Waals surface area contributed by atoms with E-state index < -0.39 is 0 Å². The third-order valence-corrected chi connectivity index (χ3v) is 2.66. The summed E-state index contributed by atoms with van der Waals surface area (Å²) in [7, 11) is 0. The van der Waals surface area contributed by atoms with E-state index >= 15 is 0 Å². The van der Waals surface area contributed by atoms with E-state index in [-0.39, 0.29) is 17.2 Å². The number of nitrogens with two attached hydrogens (primary N) is 1. The molecular formula is C12H12N6O. The number of aromatic amines is 2. The topological polar surface area (TPSA) is 112 Å². The van der Waals surface area contributed by atoms with Crippen LogP contribution in [-0.2, 0) is 0 Å². The Labute approximate surface area is 107 Å². The average Bonchev–Trinajstić information content (AvgIpc) is 2.71. The van der Waals surface area contributed by atoms with Crippen LogP contribution in [-0.4, -0.2) is 19.9 Å². The molecule has 3 rings (SSSR count). The number of H-pyrrole nitrogens is 2. The number of rotatable bonds is 2. The standard InChI is InChI=1S/C12H12N6O/c1-6-3-2-4-7(5-6)14-12-15-8-9(17-12)16-11(13)18-10(8)19/h2-5H,1H3,(H5,13,14,15,16,17,18,19). The van der Waals surface area contributed by atoms with E-state index in [1.807, 2.05) is 31.2 Å². The number of aryl methyl sites for hydroxylation is 1. The lowest BCUT2D eigenvalue weighted by Crippen LogP contribution is -2.10. The summed E-state index contributed by atoms with van der Waals surface area (Å²) in [5.74, 6) is 0.496. The quantitative estimate of drug-likeness (QED) is 0.551. The van der Waals surface area contributed by atoms with E-state index in [9.17, 15) is 4.79 Å². The number of benzene rings is 1. The van der Waals surface area contributed by atoms with Gasteiger partial charge in [-0.05, 0) is 24.6 Å². The lowest BCUT2D eigenvalue weighted by atomic mass is 10.2. The third kappa shape index (κ3) is 2.13. The molecule has 0 radical (unpaired) electrons. The van der Waals surface area contributed by atoms with Crippen molar-refractivity contribution in [2.75, 3.05) is 11.1 Å². The zero-order valence-electron chi connectivity index (χ0n) is 10.2. The first kappa shape index (κ1) is 11.3. The van der Waals surface area contributed by atoms with Gasteiger partial charge in [0.15, 0.2) is 11.2 Å². The zero-order chi connectivity index (χ0) is 13.4. The number of fused-ring (bicyclic) bond motifs is 1. The van der Waals surface area contributed by atoms with Crippen LogP contribution in [0.25, 0.3) is 11.2 Å². The summed E-state index contributed by atoms with van der Waals surface area (Å²) in [5.41, 5.74) is 7.71. The van der Waals surface area contributed by atoms with Crippen molar-refractivity contribution >= 4 is 28.7 Å². The number of imidazole rings is 1. The molecule has 1 aromatic carbocycles. The molecule has 2 aromatic heterocycles. The Hall–Kier alpha value is -2.83. The fourth-order valence-electron chi connectivity index (χ4n) is 1.84. The van der Waals surface area contributed by atoms with Crippen LogP contribution in [0.1, 0.15) is 5.56 Å². The van der Waals surface area contributed by atoms with E-state index in [0.717, 1.165) is 11.3 Å². The van der Waals surface area contributed by atoms with Gasteiger partial charge in [0.2, 0.25) is 11.9 Å². The lowest BCUT2D eigenvalue weighted by Gasteiger charge is -2.02. The molecule has 96 valence electrons. The molecule has 0 atom stereocenters. The highest BCUT2D eigenvalue weighted by Gasteiger charge is 2.08. The van der Waals surface area contributed by atoms with Crippen LogP contribution in [0, 0.1) is 6.92 Å². The van der Waals surface area contributed by atoms with E-state index in [0.29, 0.717) is 11.5 Å². The SMILES string of the molecule is Cc1cccc(Nc2nc3nc(N)[nH]c(=O)c3[nH]2)c1. The zero-order valence-corrected chi connectivity index (χ0v) is 10.2. The predicted octanol–water partition coefficient (Wildman–Crippen LogP) is 1.28. The Bertz CT molecular complexity index is 803. The van der Waals surface area contributed by atoms with Gasteiger partial charge >= 0.3 is 0 Å². The maximum absolute atomic E-state index is 11.6. The minimum atomic E-state index is -0.340. The van der Waals surface area contributed by atoms with Gasteiger partial charge in [-0.25, -0.2) is 0 Å². The third-order valence-electron chi connectivity index (χ3n) is 2.66. The molecule has 3 aromatic rings. The predicted molar refractivity (Wildman–Crippen MR) is 73.4 cm³/mol. The maximum Gasteiger partial charge on any atom is 0.278 e. The Morgan fingerprint density at radius 1 is 1.26 bits per heavy atom. The van der Waals surface area contributed by atoms with Crippen molar-refractivity contribution < 1.29 is 0 Å². The fraction of sp³-hybridized carbons (Fsp3) is 0.0833. The molecule has 0 bridgehead atoms. The highest BCUT2D eigenvalue weighted by atomic mass is 16.1. The molecule has 0 saturated heterocycles. The second kappa shape index (κ2) is 4.13. The van der Waals surface area contributed by atoms with E-state index in [4.69, 9.17) is 5.73 Å². The maximum atomic E-state index is 11.6. The van der Waals surface area contributed by atoms with Gasteiger partial charge < -0.3 is 16.0 Å². The van der Waals surface area contributed by atoms with Crippen LogP contribution in [0.2, 0.25) is 0 Å². The van der Waals surface area contributed by atoms with E-state index in [1.165, 1.54) is 0 Å². The monoisotopic (exact) mass is 256 g/mol. The van der Waals surface area contributed by atoms with Gasteiger partial charge in [0.25, 0.3) is 5.56 Å². The molecule has 19 heavy (non-hydrogen) atoms. The van der Waals surface area contributed by atoms with Crippen LogP contribution < -0.4 is 16.6 Å². The van der Waals surface area contributed by atoms with Crippen LogP contribution in [0.4, 0.5) is 17.6 Å². The van der Waals surface area contributed by atoms with Gasteiger partial charge in [0.05, 0.1) is 0 Å². The molecule has 0 aliphatic rings. The summed E-state index contributed by atoms with van der Waals surface area (Å²) in [5, 5.41) is 3.08. The van der Waals surface area contributed by atoms with E-state index in [2.05, 4.69) is 25.3 Å². The van der Waals surface area contributed by atoms with Gasteiger partial charge in [0, 0.05) is 5.69 Å². The van der Waals surface area contributed by atoms with Crippen molar-refractivity contribution in [3.63, 3.8) is 0 Å². The van der Waals surface area contributed by atoms with Crippen LogP contribution >= 0.6 is 0 Å². The molecule has 7 heteroatoms. The molecule has 2 heterocycles.